The Hall–Kier alpha value is -2.10. The zero-order valence-electron chi connectivity index (χ0n) is 11.3. The van der Waals surface area contributed by atoms with Crippen molar-refractivity contribution in [3.05, 3.63) is 46.4 Å². The van der Waals surface area contributed by atoms with Crippen LogP contribution in [0.5, 0.6) is 0 Å². The number of ether oxygens (including phenoxy) is 2. The maximum atomic E-state index is 12.3. The minimum Gasteiger partial charge on any atom is -0.489 e. The average Bonchev–Trinajstić information content (AvgIpc) is 2.42. The number of hydrogen-bond donors (Lipinski definition) is 0. The monoisotopic (exact) mass is 260 g/mol. The number of methoxy groups -OCH3 is 2. The fourth-order valence-electron chi connectivity index (χ4n) is 2.24. The zero-order chi connectivity index (χ0) is 14.0. The number of allylic oxidation sites excluding steroid dienone is 2. The Balaban J connectivity index is 2.56. The summed E-state index contributed by atoms with van der Waals surface area (Å²) in [5, 5.41) is 0. The van der Waals surface area contributed by atoms with E-state index in [9.17, 15) is 9.59 Å². The van der Waals surface area contributed by atoms with Gasteiger partial charge in [-0.3, -0.25) is 9.59 Å². The molecule has 0 fully saturated rings. The molecule has 0 radical (unpaired) electrons. The third-order valence-electron chi connectivity index (χ3n) is 3.14. The summed E-state index contributed by atoms with van der Waals surface area (Å²) in [5.74, 6) is -0.652. The van der Waals surface area contributed by atoms with Crippen LogP contribution in [0.3, 0.4) is 0 Å². The van der Waals surface area contributed by atoms with Crippen LogP contribution < -0.4 is 0 Å². The second-order valence-electron chi connectivity index (χ2n) is 4.35. The number of hydrogen-bond acceptors (Lipinski definition) is 4. The van der Waals surface area contributed by atoms with E-state index in [0.29, 0.717) is 11.1 Å². The van der Waals surface area contributed by atoms with Gasteiger partial charge in [-0.15, -0.1) is 0 Å². The van der Waals surface area contributed by atoms with E-state index in [1.165, 1.54) is 14.2 Å². The molecule has 0 saturated carbocycles. The van der Waals surface area contributed by atoms with Gasteiger partial charge >= 0.3 is 0 Å². The molecule has 0 unspecified atom stereocenters. The molecule has 0 heterocycles. The number of benzene rings is 1. The van der Waals surface area contributed by atoms with E-state index in [-0.39, 0.29) is 23.1 Å². The molecule has 0 spiro atoms. The molecule has 0 aliphatic heterocycles. The number of Topliss-reactive ketones (excluding diaryl/α,β-unsaturated/α-hetero) is 2. The molecular formula is C15H16O4. The molecule has 1 aliphatic carbocycles. The van der Waals surface area contributed by atoms with Gasteiger partial charge in [-0.05, 0) is 24.1 Å². The maximum Gasteiger partial charge on any atom is 0.232 e. The van der Waals surface area contributed by atoms with Crippen LogP contribution in [0, 0.1) is 0 Å². The number of ketones is 2. The van der Waals surface area contributed by atoms with Crippen molar-refractivity contribution in [1.82, 2.24) is 0 Å². The van der Waals surface area contributed by atoms with Gasteiger partial charge in [0.2, 0.25) is 23.1 Å². The number of rotatable bonds is 4. The minimum atomic E-state index is -0.308. The molecule has 2 rings (SSSR count). The number of fused-ring (bicyclic) bond motifs is 1. The lowest BCUT2D eigenvalue weighted by Crippen LogP contribution is -2.24. The molecule has 1 aliphatic rings. The third-order valence-corrected chi connectivity index (χ3v) is 3.14. The van der Waals surface area contributed by atoms with Crippen molar-refractivity contribution in [3.8, 4) is 0 Å². The first-order chi connectivity index (χ1) is 9.13. The van der Waals surface area contributed by atoms with E-state index in [4.69, 9.17) is 9.47 Å². The highest BCUT2D eigenvalue weighted by Gasteiger charge is 2.34. The molecule has 0 bridgehead atoms. The van der Waals surface area contributed by atoms with Gasteiger partial charge in [0, 0.05) is 11.1 Å². The Morgan fingerprint density at radius 3 is 2.05 bits per heavy atom. The van der Waals surface area contributed by atoms with Crippen molar-refractivity contribution in [2.75, 3.05) is 14.2 Å². The van der Waals surface area contributed by atoms with Gasteiger partial charge in [0.25, 0.3) is 0 Å². The molecular weight excluding hydrogens is 244 g/mol. The zero-order valence-corrected chi connectivity index (χ0v) is 11.3. The summed E-state index contributed by atoms with van der Waals surface area (Å²) < 4.78 is 10.0. The van der Waals surface area contributed by atoms with Crippen molar-refractivity contribution < 1.29 is 19.1 Å². The summed E-state index contributed by atoms with van der Waals surface area (Å²) in [5.41, 5.74) is 1.81. The van der Waals surface area contributed by atoms with Crippen LogP contribution in [-0.2, 0) is 15.9 Å². The van der Waals surface area contributed by atoms with Crippen molar-refractivity contribution in [3.63, 3.8) is 0 Å². The van der Waals surface area contributed by atoms with Crippen molar-refractivity contribution in [2.24, 2.45) is 0 Å². The molecule has 4 heteroatoms. The lowest BCUT2D eigenvalue weighted by Gasteiger charge is -2.19. The van der Waals surface area contributed by atoms with Crippen LogP contribution in [0.2, 0.25) is 0 Å². The van der Waals surface area contributed by atoms with Crippen molar-refractivity contribution >= 4 is 11.6 Å². The second-order valence-corrected chi connectivity index (χ2v) is 4.35. The predicted octanol–water partition coefficient (Wildman–Crippen LogP) is 2.52. The quantitative estimate of drug-likeness (QED) is 0.834. The number of aryl methyl sites for hydroxylation is 1. The van der Waals surface area contributed by atoms with Crippen LogP contribution in [0.1, 0.15) is 39.6 Å². The molecule has 0 aromatic heterocycles. The molecule has 100 valence electrons. The molecule has 0 atom stereocenters. The maximum absolute atomic E-state index is 12.3. The highest BCUT2D eigenvalue weighted by Crippen LogP contribution is 2.28. The van der Waals surface area contributed by atoms with Crippen LogP contribution in [0.25, 0.3) is 0 Å². The molecule has 1 aromatic carbocycles. The van der Waals surface area contributed by atoms with Gasteiger partial charge in [0.05, 0.1) is 14.2 Å². The Labute approximate surface area is 112 Å². The van der Waals surface area contributed by atoms with Gasteiger partial charge < -0.3 is 9.47 Å². The molecule has 0 saturated heterocycles. The van der Waals surface area contributed by atoms with Crippen molar-refractivity contribution in [2.45, 2.75) is 19.8 Å². The first-order valence-corrected chi connectivity index (χ1v) is 6.18. The van der Waals surface area contributed by atoms with Gasteiger partial charge in [-0.2, -0.15) is 0 Å². The summed E-state index contributed by atoms with van der Waals surface area (Å²) >= 11 is 0. The lowest BCUT2D eigenvalue weighted by atomic mass is 9.90. The van der Waals surface area contributed by atoms with Crippen LogP contribution in [-0.4, -0.2) is 25.8 Å². The van der Waals surface area contributed by atoms with E-state index < -0.39 is 0 Å². The van der Waals surface area contributed by atoms with Crippen molar-refractivity contribution in [1.29, 1.82) is 0 Å². The van der Waals surface area contributed by atoms with Gasteiger partial charge in [-0.25, -0.2) is 0 Å². The molecule has 19 heavy (non-hydrogen) atoms. The third kappa shape index (κ3) is 2.14. The first-order valence-electron chi connectivity index (χ1n) is 6.18. The normalized spacial score (nSPS) is 14.5. The van der Waals surface area contributed by atoms with Gasteiger partial charge in [0.1, 0.15) is 0 Å². The molecule has 0 amide bonds. The Morgan fingerprint density at radius 1 is 0.947 bits per heavy atom. The predicted molar refractivity (Wildman–Crippen MR) is 70.1 cm³/mol. The van der Waals surface area contributed by atoms with E-state index in [1.807, 2.05) is 6.07 Å². The molecule has 0 N–H and O–H groups in total. The Morgan fingerprint density at radius 2 is 1.53 bits per heavy atom. The first kappa shape index (κ1) is 13.3. The van der Waals surface area contributed by atoms with E-state index in [1.54, 1.807) is 12.1 Å². The number of carbonyl (C=O) groups excluding carboxylic acids is 2. The van der Waals surface area contributed by atoms with E-state index >= 15 is 0 Å². The lowest BCUT2D eigenvalue weighted by molar-refractivity contribution is 0.0829. The highest BCUT2D eigenvalue weighted by molar-refractivity contribution is 6.25. The summed E-state index contributed by atoms with van der Waals surface area (Å²) in [6, 6.07) is 5.33. The smallest absolute Gasteiger partial charge is 0.232 e. The summed E-state index contributed by atoms with van der Waals surface area (Å²) in [6.07, 6.45) is 1.86. The van der Waals surface area contributed by atoms with Gasteiger partial charge in [-0.1, -0.05) is 19.4 Å². The van der Waals surface area contributed by atoms with E-state index in [0.717, 1.165) is 18.4 Å². The average molecular weight is 260 g/mol. The standard InChI is InChI=1S/C15H16O4/c1-4-5-9-6-7-10-11(8-9)13(17)15(19-3)14(18-2)12(10)16/h6-8H,4-5H2,1-3H3. The van der Waals surface area contributed by atoms with Crippen LogP contribution >= 0.6 is 0 Å². The van der Waals surface area contributed by atoms with Crippen LogP contribution in [0.15, 0.2) is 29.7 Å². The highest BCUT2D eigenvalue weighted by atomic mass is 16.5. The van der Waals surface area contributed by atoms with E-state index in [2.05, 4.69) is 6.92 Å². The summed E-state index contributed by atoms with van der Waals surface area (Å²) in [7, 11) is 2.72. The van der Waals surface area contributed by atoms with Crippen LogP contribution in [0.4, 0.5) is 0 Å². The summed E-state index contributed by atoms with van der Waals surface area (Å²) in [4.78, 5) is 24.5. The fraction of sp³-hybridized carbons (Fsp3) is 0.333. The number of carbonyl (C=O) groups is 2. The SMILES string of the molecule is CCCc1ccc2c(c1)C(=O)C(OC)=C(OC)C2=O. The second kappa shape index (κ2) is 5.26. The topological polar surface area (TPSA) is 52.6 Å². The Bertz CT molecular complexity index is 570. The minimum absolute atomic E-state index is 0.0198. The summed E-state index contributed by atoms with van der Waals surface area (Å²) in [6.45, 7) is 2.07. The molecule has 1 aromatic rings. The van der Waals surface area contributed by atoms with Gasteiger partial charge in [0.15, 0.2) is 0 Å². The Kier molecular flexibility index (Phi) is 3.69. The largest absolute Gasteiger partial charge is 0.489 e. The fourth-order valence-corrected chi connectivity index (χ4v) is 2.24. The molecule has 4 nitrogen and oxygen atoms in total.